The summed E-state index contributed by atoms with van der Waals surface area (Å²) in [6.45, 7) is 0. The van der Waals surface area contributed by atoms with Crippen LogP contribution in [0.1, 0.15) is 27.9 Å². The van der Waals surface area contributed by atoms with Gasteiger partial charge in [0.1, 0.15) is 0 Å². The fourth-order valence-corrected chi connectivity index (χ4v) is 3.48. The molecule has 0 atom stereocenters. The Bertz CT molecular complexity index is 996. The van der Waals surface area contributed by atoms with Gasteiger partial charge < -0.3 is 0 Å². The van der Waals surface area contributed by atoms with E-state index >= 15 is 0 Å². The summed E-state index contributed by atoms with van der Waals surface area (Å²) in [4.78, 5) is 9.33. The lowest BCUT2D eigenvalue weighted by molar-refractivity contribution is 1.12. The van der Waals surface area contributed by atoms with Crippen molar-refractivity contribution in [3.8, 4) is 0 Å². The highest BCUT2D eigenvalue weighted by Gasteiger charge is 2.09. The topological polar surface area (TPSA) is 25.2 Å². The Morgan fingerprint density at radius 2 is 1.21 bits per heavy atom. The van der Waals surface area contributed by atoms with Gasteiger partial charge in [-0.15, -0.1) is 0 Å². The molecule has 1 aromatic heterocycles. The van der Waals surface area contributed by atoms with Crippen molar-refractivity contribution in [2.24, 2.45) is 4.99 Å². The maximum absolute atomic E-state index is 4.93. The van der Waals surface area contributed by atoms with Gasteiger partial charge in [-0.05, 0) is 47.2 Å². The summed E-state index contributed by atoms with van der Waals surface area (Å²) < 4.78 is 0. The van der Waals surface area contributed by atoms with Crippen LogP contribution in [0.3, 0.4) is 0 Å². The predicted molar refractivity (Wildman–Crippen MR) is 121 cm³/mol. The number of aromatic nitrogens is 1. The van der Waals surface area contributed by atoms with Crippen LogP contribution in [-0.4, -0.2) is 11.2 Å². The third-order valence-electron chi connectivity index (χ3n) is 4.92. The van der Waals surface area contributed by atoms with Crippen LogP contribution in [0.4, 0.5) is 5.69 Å². The molecule has 4 rings (SSSR count). The molecule has 0 aliphatic rings. The van der Waals surface area contributed by atoms with Crippen LogP contribution in [0.5, 0.6) is 0 Å². The van der Waals surface area contributed by atoms with Gasteiger partial charge in [-0.3, -0.25) is 9.98 Å². The minimum atomic E-state index is 0.727. The summed E-state index contributed by atoms with van der Waals surface area (Å²) in [6.07, 6.45) is 6.29. The molecule has 2 nitrogen and oxygen atoms in total. The SMILES string of the molecule is C(Cc1ccccn1)=Nc1c(Cc2ccccc2)cccc1Cc1ccccc1. The van der Waals surface area contributed by atoms with Crippen molar-refractivity contribution in [1.29, 1.82) is 0 Å². The molecule has 0 saturated carbocycles. The van der Waals surface area contributed by atoms with Crippen molar-refractivity contribution in [1.82, 2.24) is 4.98 Å². The van der Waals surface area contributed by atoms with Gasteiger partial charge in [0.2, 0.25) is 0 Å². The third kappa shape index (κ3) is 5.26. The standard InChI is InChI=1S/C27H24N2/c1-3-10-22(11-4-1)20-24-14-9-15-25(21-23-12-5-2-6-13-23)27(24)29-19-17-26-16-7-8-18-28-26/h1-16,18-19H,17,20-21H2. The van der Waals surface area contributed by atoms with Crippen molar-refractivity contribution >= 4 is 11.9 Å². The Balaban J connectivity index is 1.65. The molecule has 0 bridgehead atoms. The second-order valence-electron chi connectivity index (χ2n) is 7.09. The molecule has 0 spiro atoms. The molecule has 142 valence electrons. The van der Waals surface area contributed by atoms with E-state index in [1.165, 1.54) is 22.3 Å². The lowest BCUT2D eigenvalue weighted by atomic mass is 9.96. The van der Waals surface area contributed by atoms with Gasteiger partial charge in [0, 0.05) is 24.5 Å². The lowest BCUT2D eigenvalue weighted by Crippen LogP contribution is -1.96. The Hall–Kier alpha value is -3.52. The second-order valence-corrected chi connectivity index (χ2v) is 7.09. The van der Waals surface area contributed by atoms with E-state index in [2.05, 4.69) is 83.8 Å². The monoisotopic (exact) mass is 376 g/mol. The third-order valence-corrected chi connectivity index (χ3v) is 4.92. The first kappa shape index (κ1) is 18.8. The number of rotatable bonds is 7. The molecule has 0 amide bonds. The Kier molecular flexibility index (Phi) is 6.24. The van der Waals surface area contributed by atoms with E-state index in [1.807, 2.05) is 30.6 Å². The predicted octanol–water partition coefficient (Wildman–Crippen LogP) is 6.21. The molecule has 0 aliphatic carbocycles. The van der Waals surface area contributed by atoms with Crippen molar-refractivity contribution in [2.75, 3.05) is 0 Å². The molecular weight excluding hydrogens is 352 g/mol. The molecule has 0 radical (unpaired) electrons. The number of aliphatic imine (C=N–C) groups is 1. The first-order valence-corrected chi connectivity index (χ1v) is 9.99. The van der Waals surface area contributed by atoms with E-state index in [1.54, 1.807) is 0 Å². The second kappa shape index (κ2) is 9.61. The van der Waals surface area contributed by atoms with E-state index < -0.39 is 0 Å². The smallest absolute Gasteiger partial charge is 0.0696 e. The summed E-state index contributed by atoms with van der Waals surface area (Å²) in [7, 11) is 0. The zero-order valence-electron chi connectivity index (χ0n) is 16.4. The number of para-hydroxylation sites is 1. The first-order chi connectivity index (χ1) is 14.4. The number of nitrogens with zero attached hydrogens (tertiary/aromatic N) is 2. The Morgan fingerprint density at radius 3 is 1.76 bits per heavy atom. The molecular formula is C27H24N2. The fraction of sp³-hybridized carbons (Fsp3) is 0.111. The van der Waals surface area contributed by atoms with Gasteiger partial charge in [-0.25, -0.2) is 0 Å². The van der Waals surface area contributed by atoms with Gasteiger partial charge in [0.05, 0.1) is 5.69 Å². The fourth-order valence-electron chi connectivity index (χ4n) is 3.48. The van der Waals surface area contributed by atoms with E-state index in [9.17, 15) is 0 Å². The summed E-state index contributed by atoms with van der Waals surface area (Å²) >= 11 is 0. The average Bonchev–Trinajstić information content (AvgIpc) is 2.78. The minimum Gasteiger partial charge on any atom is -0.261 e. The highest BCUT2D eigenvalue weighted by molar-refractivity contribution is 5.69. The quantitative estimate of drug-likeness (QED) is 0.352. The maximum atomic E-state index is 4.93. The van der Waals surface area contributed by atoms with Crippen LogP contribution in [0, 0.1) is 0 Å². The largest absolute Gasteiger partial charge is 0.261 e. The molecule has 0 N–H and O–H groups in total. The summed E-state index contributed by atoms with van der Waals surface area (Å²) in [5.41, 5.74) is 7.21. The van der Waals surface area contributed by atoms with E-state index in [-0.39, 0.29) is 0 Å². The lowest BCUT2D eigenvalue weighted by Gasteiger charge is -2.12. The number of benzene rings is 3. The normalized spacial score (nSPS) is 11.0. The summed E-state index contributed by atoms with van der Waals surface area (Å²) in [6, 6.07) is 33.7. The number of hydrogen-bond donors (Lipinski definition) is 0. The van der Waals surface area contributed by atoms with Gasteiger partial charge in [-0.1, -0.05) is 84.9 Å². The first-order valence-electron chi connectivity index (χ1n) is 9.99. The van der Waals surface area contributed by atoms with Crippen LogP contribution < -0.4 is 0 Å². The molecule has 1 heterocycles. The van der Waals surface area contributed by atoms with Crippen molar-refractivity contribution in [3.63, 3.8) is 0 Å². The van der Waals surface area contributed by atoms with Crippen molar-refractivity contribution in [3.05, 3.63) is 131 Å². The van der Waals surface area contributed by atoms with Gasteiger partial charge in [0.15, 0.2) is 0 Å². The van der Waals surface area contributed by atoms with E-state index in [4.69, 9.17) is 4.99 Å². The van der Waals surface area contributed by atoms with Gasteiger partial charge >= 0.3 is 0 Å². The van der Waals surface area contributed by atoms with Crippen molar-refractivity contribution < 1.29 is 0 Å². The molecule has 29 heavy (non-hydrogen) atoms. The van der Waals surface area contributed by atoms with Crippen LogP contribution >= 0.6 is 0 Å². The molecule has 0 aliphatic heterocycles. The molecule has 0 fully saturated rings. The average molecular weight is 377 g/mol. The number of hydrogen-bond acceptors (Lipinski definition) is 2. The van der Waals surface area contributed by atoms with Crippen molar-refractivity contribution in [2.45, 2.75) is 19.3 Å². The summed E-state index contributed by atoms with van der Waals surface area (Å²) in [5, 5.41) is 0. The molecule has 3 aromatic carbocycles. The molecule has 0 saturated heterocycles. The highest BCUT2D eigenvalue weighted by atomic mass is 14.7. The molecule has 4 aromatic rings. The van der Waals surface area contributed by atoms with Crippen LogP contribution in [0.15, 0.2) is 108 Å². The van der Waals surface area contributed by atoms with Crippen LogP contribution in [0.2, 0.25) is 0 Å². The van der Waals surface area contributed by atoms with E-state index in [0.29, 0.717) is 0 Å². The Labute approximate surface area is 172 Å². The highest BCUT2D eigenvalue weighted by Crippen LogP contribution is 2.29. The van der Waals surface area contributed by atoms with Gasteiger partial charge in [-0.2, -0.15) is 0 Å². The zero-order valence-corrected chi connectivity index (χ0v) is 16.4. The Morgan fingerprint density at radius 1 is 0.621 bits per heavy atom. The molecule has 2 heteroatoms. The maximum Gasteiger partial charge on any atom is 0.0696 e. The van der Waals surface area contributed by atoms with Crippen LogP contribution in [-0.2, 0) is 19.3 Å². The van der Waals surface area contributed by atoms with Crippen LogP contribution in [0.25, 0.3) is 0 Å². The zero-order chi connectivity index (χ0) is 19.7. The minimum absolute atomic E-state index is 0.727. The molecule has 0 unspecified atom stereocenters. The van der Waals surface area contributed by atoms with Gasteiger partial charge in [0.25, 0.3) is 0 Å². The van der Waals surface area contributed by atoms with E-state index in [0.717, 1.165) is 30.6 Å². The number of pyridine rings is 1. The summed E-state index contributed by atoms with van der Waals surface area (Å²) in [5.74, 6) is 0.